The van der Waals surface area contributed by atoms with Crippen LogP contribution in [-0.4, -0.2) is 35.2 Å². The number of rotatable bonds is 3. The van der Waals surface area contributed by atoms with E-state index in [0.717, 1.165) is 11.1 Å². The minimum absolute atomic E-state index is 0.0368. The topological polar surface area (TPSA) is 66.5 Å². The number of hydrogen-bond donors (Lipinski definition) is 1. The molecule has 1 unspecified atom stereocenters. The van der Waals surface area contributed by atoms with Crippen molar-refractivity contribution in [1.82, 2.24) is 10.2 Å². The van der Waals surface area contributed by atoms with E-state index in [2.05, 4.69) is 38.2 Å². The van der Waals surface area contributed by atoms with E-state index in [-0.39, 0.29) is 29.6 Å². The molecule has 1 fully saturated rings. The quantitative estimate of drug-likeness (QED) is 0.639. The highest BCUT2D eigenvalue weighted by Gasteiger charge is 2.38. The summed E-state index contributed by atoms with van der Waals surface area (Å²) in [5.74, 6) is -0.762. The summed E-state index contributed by atoms with van der Waals surface area (Å²) in [4.78, 5) is 37.5. The second-order valence-corrected chi connectivity index (χ2v) is 7.40. The van der Waals surface area contributed by atoms with Gasteiger partial charge in [0.2, 0.25) is 11.8 Å². The maximum atomic E-state index is 12.6. The molecule has 0 radical (unpaired) electrons. The van der Waals surface area contributed by atoms with Crippen molar-refractivity contribution in [3.8, 4) is 0 Å². The molecule has 130 valence electrons. The third-order valence-corrected chi connectivity index (χ3v) is 4.53. The molecule has 0 spiro atoms. The average molecular weight is 330 g/mol. The molecule has 0 aromatic rings. The first kappa shape index (κ1) is 18.2. The smallest absolute Gasteiger partial charge is 0.250 e. The van der Waals surface area contributed by atoms with Crippen LogP contribution in [0.4, 0.5) is 0 Å². The van der Waals surface area contributed by atoms with Crippen molar-refractivity contribution < 1.29 is 14.4 Å². The molecular formula is C19H26N2O3. The molecule has 2 aliphatic rings. The zero-order valence-corrected chi connectivity index (χ0v) is 15.1. The van der Waals surface area contributed by atoms with E-state index in [4.69, 9.17) is 0 Å². The molecule has 1 N–H and O–H groups in total. The first-order valence-corrected chi connectivity index (χ1v) is 8.34. The van der Waals surface area contributed by atoms with Gasteiger partial charge in [-0.1, -0.05) is 39.0 Å². The molecule has 1 atom stereocenters. The van der Waals surface area contributed by atoms with E-state index in [1.807, 2.05) is 13.0 Å². The zero-order valence-electron chi connectivity index (χ0n) is 15.1. The lowest BCUT2D eigenvalue weighted by molar-refractivity contribution is -0.142. The van der Waals surface area contributed by atoms with Crippen LogP contribution in [0.3, 0.4) is 0 Å². The molecule has 3 amide bonds. The van der Waals surface area contributed by atoms with Gasteiger partial charge in [-0.25, -0.2) is 0 Å². The van der Waals surface area contributed by atoms with Crippen molar-refractivity contribution in [1.29, 1.82) is 0 Å². The number of carbonyl (C=O) groups is 3. The Kier molecular flexibility index (Phi) is 5.11. The molecule has 0 saturated carbocycles. The largest absolute Gasteiger partial charge is 0.323 e. The number of amides is 3. The molecular weight excluding hydrogens is 304 g/mol. The van der Waals surface area contributed by atoms with E-state index >= 15 is 0 Å². The zero-order chi connectivity index (χ0) is 18.1. The minimum atomic E-state index is -0.559. The molecule has 0 bridgehead atoms. The van der Waals surface area contributed by atoms with Crippen LogP contribution < -0.4 is 5.32 Å². The second kappa shape index (κ2) is 6.75. The third kappa shape index (κ3) is 3.66. The van der Waals surface area contributed by atoms with Gasteiger partial charge in [0.05, 0.1) is 0 Å². The van der Waals surface area contributed by atoms with Crippen LogP contribution in [0.15, 0.2) is 34.9 Å². The normalized spacial score (nSPS) is 23.5. The lowest BCUT2D eigenvalue weighted by Crippen LogP contribution is -2.53. The number of hydrogen-bond acceptors (Lipinski definition) is 3. The molecule has 24 heavy (non-hydrogen) atoms. The Balaban J connectivity index is 2.27. The number of carbonyl (C=O) groups excluding carboxylic acids is 3. The predicted octanol–water partition coefficient (Wildman–Crippen LogP) is 2.50. The fourth-order valence-corrected chi connectivity index (χ4v) is 2.99. The first-order chi connectivity index (χ1) is 11.1. The Morgan fingerprint density at radius 2 is 1.92 bits per heavy atom. The van der Waals surface area contributed by atoms with Gasteiger partial charge in [0.25, 0.3) is 5.91 Å². The number of nitrogens with one attached hydrogen (secondary N) is 1. The van der Waals surface area contributed by atoms with Gasteiger partial charge in [0, 0.05) is 18.5 Å². The molecule has 0 aromatic carbocycles. The minimum Gasteiger partial charge on any atom is -0.323 e. The van der Waals surface area contributed by atoms with Crippen LogP contribution in [-0.2, 0) is 14.4 Å². The highest BCUT2D eigenvalue weighted by atomic mass is 16.2. The van der Waals surface area contributed by atoms with Gasteiger partial charge in [0.1, 0.15) is 6.04 Å². The molecule has 5 heteroatoms. The van der Waals surface area contributed by atoms with Crippen LogP contribution in [0, 0.1) is 5.41 Å². The molecule has 1 saturated heterocycles. The van der Waals surface area contributed by atoms with Gasteiger partial charge in [-0.05, 0) is 36.8 Å². The van der Waals surface area contributed by atoms with E-state index in [1.54, 1.807) is 11.8 Å². The van der Waals surface area contributed by atoms with Crippen molar-refractivity contribution >= 4 is 17.7 Å². The highest BCUT2D eigenvalue weighted by Crippen LogP contribution is 2.31. The maximum Gasteiger partial charge on any atom is 0.250 e. The molecule has 5 nitrogen and oxygen atoms in total. The number of nitrogens with zero attached hydrogens (tertiary/aromatic N) is 1. The van der Waals surface area contributed by atoms with Crippen molar-refractivity contribution in [3.63, 3.8) is 0 Å². The summed E-state index contributed by atoms with van der Waals surface area (Å²) in [7, 11) is 0. The SMILES string of the molecule is C/C=C\C(=C/C1=C(C)C(=O)N(C2CCC(=O)NC2=O)C1)C(C)(C)C. The molecule has 0 aromatic heterocycles. The van der Waals surface area contributed by atoms with Gasteiger partial charge >= 0.3 is 0 Å². The Hall–Kier alpha value is -2.17. The van der Waals surface area contributed by atoms with E-state index < -0.39 is 6.04 Å². The summed E-state index contributed by atoms with van der Waals surface area (Å²) in [5, 5.41) is 2.32. The monoisotopic (exact) mass is 330 g/mol. The summed E-state index contributed by atoms with van der Waals surface area (Å²) in [6.45, 7) is 10.6. The number of piperidine rings is 1. The van der Waals surface area contributed by atoms with Crippen molar-refractivity contribution in [2.45, 2.75) is 53.5 Å². The van der Waals surface area contributed by atoms with Gasteiger partial charge in [0.15, 0.2) is 0 Å². The standard InChI is InChI=1S/C19H26N2O3/c1-6-7-14(19(3,4)5)10-13-11-21(18(24)12(13)2)15-8-9-16(22)20-17(15)23/h6-7,10,15H,8-9,11H2,1-5H3,(H,20,22,23)/b7-6-,14-10+. The van der Waals surface area contributed by atoms with Gasteiger partial charge in [-0.3, -0.25) is 19.7 Å². The predicted molar refractivity (Wildman–Crippen MR) is 92.9 cm³/mol. The third-order valence-electron chi connectivity index (χ3n) is 4.53. The Bertz CT molecular complexity index is 663. The summed E-state index contributed by atoms with van der Waals surface area (Å²) >= 11 is 0. The fraction of sp³-hybridized carbons (Fsp3) is 0.526. The lowest BCUT2D eigenvalue weighted by atomic mass is 9.84. The van der Waals surface area contributed by atoms with Crippen molar-refractivity contribution in [2.24, 2.45) is 5.41 Å². The summed E-state index contributed by atoms with van der Waals surface area (Å²) in [5.41, 5.74) is 2.71. The fourth-order valence-electron chi connectivity index (χ4n) is 2.99. The highest BCUT2D eigenvalue weighted by molar-refractivity contribution is 6.05. The van der Waals surface area contributed by atoms with Crippen LogP contribution in [0.2, 0.25) is 0 Å². The van der Waals surface area contributed by atoms with E-state index in [1.165, 1.54) is 0 Å². The van der Waals surface area contributed by atoms with Crippen molar-refractivity contribution in [3.05, 3.63) is 34.9 Å². The Labute approximate surface area is 143 Å². The number of allylic oxidation sites excluding steroid dienone is 3. The van der Waals surface area contributed by atoms with Crippen LogP contribution in [0.1, 0.15) is 47.5 Å². The summed E-state index contributed by atoms with van der Waals surface area (Å²) in [6.07, 6.45) is 6.76. The molecule has 2 rings (SSSR count). The van der Waals surface area contributed by atoms with E-state index in [0.29, 0.717) is 18.5 Å². The lowest BCUT2D eigenvalue weighted by Gasteiger charge is -2.30. The Morgan fingerprint density at radius 3 is 2.46 bits per heavy atom. The molecule has 2 heterocycles. The Morgan fingerprint density at radius 1 is 1.25 bits per heavy atom. The van der Waals surface area contributed by atoms with Gasteiger partial charge in [-0.2, -0.15) is 0 Å². The van der Waals surface area contributed by atoms with Crippen LogP contribution in [0.5, 0.6) is 0 Å². The number of imide groups is 1. The second-order valence-electron chi connectivity index (χ2n) is 7.40. The first-order valence-electron chi connectivity index (χ1n) is 8.34. The van der Waals surface area contributed by atoms with Crippen molar-refractivity contribution in [2.75, 3.05) is 6.54 Å². The van der Waals surface area contributed by atoms with Crippen LogP contribution >= 0.6 is 0 Å². The summed E-state index contributed by atoms with van der Waals surface area (Å²) in [6, 6.07) is -0.559. The van der Waals surface area contributed by atoms with Gasteiger partial charge < -0.3 is 4.90 Å². The van der Waals surface area contributed by atoms with Gasteiger partial charge in [-0.15, -0.1) is 0 Å². The maximum absolute atomic E-state index is 12.6. The van der Waals surface area contributed by atoms with E-state index in [9.17, 15) is 14.4 Å². The average Bonchev–Trinajstić information content (AvgIpc) is 2.74. The molecule has 0 aliphatic carbocycles. The van der Waals surface area contributed by atoms with Crippen LogP contribution in [0.25, 0.3) is 0 Å². The summed E-state index contributed by atoms with van der Waals surface area (Å²) < 4.78 is 0. The molecule has 2 aliphatic heterocycles.